The maximum Gasteiger partial charge on any atom is 0.573 e. The molecule has 21 heavy (non-hydrogen) atoms. The van der Waals surface area contributed by atoms with Crippen LogP contribution in [-0.2, 0) is 11.3 Å². The largest absolute Gasteiger partial charge is 0.573 e. The summed E-state index contributed by atoms with van der Waals surface area (Å²) in [7, 11) is 0. The second-order valence-corrected chi connectivity index (χ2v) is 5.71. The molecule has 1 aliphatic heterocycles. The first-order chi connectivity index (χ1) is 9.83. The summed E-state index contributed by atoms with van der Waals surface area (Å²) in [6.45, 7) is 0.283. The molecule has 0 amide bonds. The van der Waals surface area contributed by atoms with Crippen molar-refractivity contribution < 1.29 is 27.8 Å². The van der Waals surface area contributed by atoms with E-state index in [0.29, 0.717) is 11.3 Å². The molecule has 1 fully saturated rings. The van der Waals surface area contributed by atoms with Crippen molar-refractivity contribution in [1.82, 2.24) is 5.32 Å². The number of benzene rings is 1. The number of carbonyl (C=O) groups is 1. The average molecular weight is 321 g/mol. The van der Waals surface area contributed by atoms with Gasteiger partial charge in [0.05, 0.1) is 6.10 Å². The number of thioether (sulfide) groups is 1. The third kappa shape index (κ3) is 5.22. The number of nitrogens with one attached hydrogen (secondary N) is 1. The van der Waals surface area contributed by atoms with Crippen LogP contribution in [0, 0.1) is 0 Å². The highest BCUT2D eigenvalue weighted by Gasteiger charge is 2.31. The molecule has 0 saturated carbocycles. The van der Waals surface area contributed by atoms with Crippen molar-refractivity contribution >= 4 is 16.9 Å². The molecule has 0 aromatic heterocycles. The Morgan fingerprint density at radius 2 is 2.19 bits per heavy atom. The number of hydrogen-bond acceptors (Lipinski definition) is 5. The van der Waals surface area contributed by atoms with Gasteiger partial charge < -0.3 is 15.2 Å². The van der Waals surface area contributed by atoms with Gasteiger partial charge in [-0.3, -0.25) is 4.79 Å². The molecule has 2 unspecified atom stereocenters. The van der Waals surface area contributed by atoms with Gasteiger partial charge in [-0.25, -0.2) is 0 Å². The van der Waals surface area contributed by atoms with Gasteiger partial charge in [-0.2, -0.15) is 0 Å². The van der Waals surface area contributed by atoms with E-state index in [1.54, 1.807) is 6.07 Å². The minimum atomic E-state index is -4.72. The summed E-state index contributed by atoms with van der Waals surface area (Å²) >= 11 is 1.14. The van der Waals surface area contributed by atoms with Crippen LogP contribution in [0.3, 0.4) is 0 Å². The van der Waals surface area contributed by atoms with E-state index in [1.807, 2.05) is 0 Å². The van der Waals surface area contributed by atoms with Crippen LogP contribution in [0.2, 0.25) is 0 Å². The minimum Gasteiger partial charge on any atom is -0.406 e. The molecule has 1 aliphatic rings. The third-order valence-electron chi connectivity index (χ3n) is 2.96. The van der Waals surface area contributed by atoms with Crippen LogP contribution in [-0.4, -0.2) is 34.5 Å². The molecule has 1 aromatic carbocycles. The van der Waals surface area contributed by atoms with Crippen LogP contribution in [0.25, 0.3) is 0 Å². The lowest BCUT2D eigenvalue weighted by Gasteiger charge is -2.27. The number of ether oxygens (including phenoxy) is 1. The van der Waals surface area contributed by atoms with Crippen molar-refractivity contribution in [1.29, 1.82) is 0 Å². The van der Waals surface area contributed by atoms with Crippen molar-refractivity contribution in [2.24, 2.45) is 0 Å². The van der Waals surface area contributed by atoms with Gasteiger partial charge in [0.15, 0.2) is 5.12 Å². The third-order valence-corrected chi connectivity index (χ3v) is 3.98. The fraction of sp³-hybridized carbons (Fsp3) is 0.462. The maximum absolute atomic E-state index is 12.1. The quantitative estimate of drug-likeness (QED) is 0.889. The summed E-state index contributed by atoms with van der Waals surface area (Å²) in [5, 5.41) is 12.7. The summed E-state index contributed by atoms with van der Waals surface area (Å²) in [5.41, 5.74) is 0.603. The lowest BCUT2D eigenvalue weighted by atomic mass is 10.1. The standard InChI is InChI=1S/C13H14F3NO3S/c14-13(15,16)20-9-3-1-2-8(4-9)6-17-10-7-21-12(19)5-11(10)18/h1-4,10-11,17-18H,5-7H2. The van der Waals surface area contributed by atoms with Gasteiger partial charge in [0.25, 0.3) is 0 Å². The second kappa shape index (κ2) is 6.67. The van der Waals surface area contributed by atoms with Gasteiger partial charge >= 0.3 is 6.36 Å². The molecule has 1 saturated heterocycles. The Hall–Kier alpha value is -1.25. The first-order valence-electron chi connectivity index (χ1n) is 6.25. The molecule has 2 rings (SSSR count). The average Bonchev–Trinajstić information content (AvgIpc) is 2.36. The van der Waals surface area contributed by atoms with E-state index in [2.05, 4.69) is 10.1 Å². The number of halogens is 3. The topological polar surface area (TPSA) is 58.6 Å². The summed E-state index contributed by atoms with van der Waals surface area (Å²) in [6, 6.07) is 5.37. The van der Waals surface area contributed by atoms with Gasteiger partial charge in [-0.15, -0.1) is 13.2 Å². The number of hydrogen-bond donors (Lipinski definition) is 2. The summed E-state index contributed by atoms with van der Waals surface area (Å²) in [5.74, 6) is 0.161. The highest BCUT2D eigenvalue weighted by Crippen LogP contribution is 2.24. The first-order valence-corrected chi connectivity index (χ1v) is 7.24. The maximum atomic E-state index is 12.1. The fourth-order valence-electron chi connectivity index (χ4n) is 1.96. The number of alkyl halides is 3. The Labute approximate surface area is 123 Å². The Kier molecular flexibility index (Phi) is 5.13. The predicted molar refractivity (Wildman–Crippen MR) is 71.8 cm³/mol. The van der Waals surface area contributed by atoms with Gasteiger partial charge in [0.2, 0.25) is 0 Å². The monoisotopic (exact) mass is 321 g/mol. The van der Waals surface area contributed by atoms with Crippen LogP contribution in [0.1, 0.15) is 12.0 Å². The van der Waals surface area contributed by atoms with Crippen LogP contribution >= 0.6 is 11.8 Å². The molecule has 2 N–H and O–H groups in total. The molecule has 0 aliphatic carbocycles. The molecule has 4 nitrogen and oxygen atoms in total. The first kappa shape index (κ1) is 16.1. The Morgan fingerprint density at radius 3 is 2.86 bits per heavy atom. The fourth-order valence-corrected chi connectivity index (χ4v) is 2.96. The van der Waals surface area contributed by atoms with Crippen molar-refractivity contribution in [3.63, 3.8) is 0 Å². The van der Waals surface area contributed by atoms with Crippen LogP contribution in [0.5, 0.6) is 5.75 Å². The zero-order chi connectivity index (χ0) is 15.5. The predicted octanol–water partition coefficient (Wildman–Crippen LogP) is 2.07. The van der Waals surface area contributed by atoms with E-state index in [4.69, 9.17) is 0 Å². The van der Waals surface area contributed by atoms with Crippen molar-refractivity contribution in [2.75, 3.05) is 5.75 Å². The number of aliphatic hydroxyl groups is 1. The SMILES string of the molecule is O=C1CC(O)C(NCc2cccc(OC(F)(F)F)c2)CS1. The number of rotatable bonds is 4. The lowest BCUT2D eigenvalue weighted by Crippen LogP contribution is -2.45. The number of aliphatic hydroxyl groups excluding tert-OH is 1. The van der Waals surface area contributed by atoms with Crippen molar-refractivity contribution in [3.8, 4) is 5.75 Å². The van der Waals surface area contributed by atoms with Crippen LogP contribution < -0.4 is 10.1 Å². The zero-order valence-corrected chi connectivity index (χ0v) is 11.7. The van der Waals surface area contributed by atoms with Gasteiger partial charge in [0.1, 0.15) is 5.75 Å². The lowest BCUT2D eigenvalue weighted by molar-refractivity contribution is -0.274. The van der Waals surface area contributed by atoms with Crippen LogP contribution in [0.15, 0.2) is 24.3 Å². The molecule has 0 radical (unpaired) electrons. The molecule has 116 valence electrons. The normalized spacial score (nSPS) is 23.1. The highest BCUT2D eigenvalue weighted by atomic mass is 32.2. The summed E-state index contributed by atoms with van der Waals surface area (Å²) < 4.78 is 40.2. The Balaban J connectivity index is 1.91. The molecule has 2 atom stereocenters. The van der Waals surface area contributed by atoms with Gasteiger partial charge in [-0.1, -0.05) is 23.9 Å². The van der Waals surface area contributed by atoms with Crippen LogP contribution in [0.4, 0.5) is 13.2 Å². The Morgan fingerprint density at radius 1 is 1.43 bits per heavy atom. The second-order valence-electron chi connectivity index (χ2n) is 4.64. The van der Waals surface area contributed by atoms with Gasteiger partial charge in [-0.05, 0) is 17.7 Å². The van der Waals surface area contributed by atoms with Gasteiger partial charge in [0, 0.05) is 24.8 Å². The van der Waals surface area contributed by atoms with E-state index in [-0.39, 0.29) is 29.9 Å². The highest BCUT2D eigenvalue weighted by molar-refractivity contribution is 8.13. The molecule has 1 aromatic rings. The zero-order valence-electron chi connectivity index (χ0n) is 10.9. The molecule has 8 heteroatoms. The van der Waals surface area contributed by atoms with Crippen molar-refractivity contribution in [2.45, 2.75) is 31.5 Å². The van der Waals surface area contributed by atoms with E-state index >= 15 is 0 Å². The smallest absolute Gasteiger partial charge is 0.406 e. The minimum absolute atomic E-state index is 0.0545. The Bertz CT molecular complexity index is 510. The molecule has 1 heterocycles. The number of carbonyl (C=O) groups excluding carboxylic acids is 1. The van der Waals surface area contributed by atoms with E-state index in [9.17, 15) is 23.1 Å². The molecular weight excluding hydrogens is 307 g/mol. The summed E-state index contributed by atoms with van der Waals surface area (Å²) in [6.07, 6.45) is -5.41. The molecule has 0 spiro atoms. The van der Waals surface area contributed by atoms with E-state index in [0.717, 1.165) is 11.8 Å². The summed E-state index contributed by atoms with van der Waals surface area (Å²) in [4.78, 5) is 11.1. The van der Waals surface area contributed by atoms with E-state index in [1.165, 1.54) is 18.2 Å². The van der Waals surface area contributed by atoms with Crippen molar-refractivity contribution in [3.05, 3.63) is 29.8 Å². The van der Waals surface area contributed by atoms with E-state index < -0.39 is 12.5 Å². The molecule has 0 bridgehead atoms. The molecular formula is C13H14F3NO3S.